The quantitative estimate of drug-likeness (QED) is 0.783. The molecule has 4 heteroatoms. The number of hydrogen-bond acceptors (Lipinski definition) is 4. The zero-order chi connectivity index (χ0) is 14.1. The van der Waals surface area contributed by atoms with Gasteiger partial charge >= 0.3 is 5.97 Å². The van der Waals surface area contributed by atoms with Gasteiger partial charge < -0.3 is 4.74 Å². The standard InChI is InChI=1S/C16H20O3S/c1-10-6-7-14-11(8-10)9-15(20-14)16(18)19-13-5-3-2-4-12(13)17/h9-10,13H,2-8H2,1H3/t10-,13-/m0/s1. The average Bonchev–Trinajstić information content (AvgIpc) is 2.84. The van der Waals surface area contributed by atoms with Crippen molar-refractivity contribution >= 4 is 23.1 Å². The van der Waals surface area contributed by atoms with E-state index in [0.29, 0.717) is 23.6 Å². The molecule has 1 aromatic heterocycles. The van der Waals surface area contributed by atoms with Crippen molar-refractivity contribution in [3.63, 3.8) is 0 Å². The van der Waals surface area contributed by atoms with Crippen molar-refractivity contribution in [1.82, 2.24) is 0 Å². The first-order valence-electron chi connectivity index (χ1n) is 7.49. The van der Waals surface area contributed by atoms with E-state index in [1.807, 2.05) is 6.07 Å². The molecule has 0 radical (unpaired) electrons. The molecule has 0 unspecified atom stereocenters. The van der Waals surface area contributed by atoms with E-state index in [4.69, 9.17) is 4.74 Å². The molecule has 2 aliphatic rings. The molecule has 108 valence electrons. The van der Waals surface area contributed by atoms with Crippen molar-refractivity contribution in [3.8, 4) is 0 Å². The van der Waals surface area contributed by atoms with E-state index in [0.717, 1.165) is 25.7 Å². The number of carbonyl (C=O) groups is 2. The van der Waals surface area contributed by atoms with Crippen molar-refractivity contribution in [2.75, 3.05) is 0 Å². The molecule has 0 N–H and O–H groups in total. The largest absolute Gasteiger partial charge is 0.450 e. The second-order valence-corrected chi connectivity index (χ2v) is 7.15. The van der Waals surface area contributed by atoms with Gasteiger partial charge in [0, 0.05) is 11.3 Å². The highest BCUT2D eigenvalue weighted by Gasteiger charge is 2.28. The average molecular weight is 292 g/mol. The van der Waals surface area contributed by atoms with Gasteiger partial charge in [0.2, 0.25) is 0 Å². The number of aryl methyl sites for hydroxylation is 1. The summed E-state index contributed by atoms with van der Waals surface area (Å²) >= 11 is 1.55. The van der Waals surface area contributed by atoms with Crippen LogP contribution in [0.4, 0.5) is 0 Å². The maximum absolute atomic E-state index is 12.2. The summed E-state index contributed by atoms with van der Waals surface area (Å²) in [7, 11) is 0. The molecule has 0 bridgehead atoms. The Morgan fingerprint density at radius 2 is 2.15 bits per heavy atom. The summed E-state index contributed by atoms with van der Waals surface area (Å²) in [5.41, 5.74) is 1.30. The van der Waals surface area contributed by atoms with Crippen LogP contribution in [0.5, 0.6) is 0 Å². The number of ether oxygens (including phenoxy) is 1. The third-order valence-corrected chi connectivity index (χ3v) is 5.50. The van der Waals surface area contributed by atoms with Crippen molar-refractivity contribution < 1.29 is 14.3 Å². The number of ketones is 1. The van der Waals surface area contributed by atoms with Gasteiger partial charge in [-0.3, -0.25) is 4.79 Å². The zero-order valence-electron chi connectivity index (χ0n) is 11.8. The molecule has 3 rings (SSSR count). The minimum Gasteiger partial charge on any atom is -0.450 e. The molecule has 20 heavy (non-hydrogen) atoms. The lowest BCUT2D eigenvalue weighted by Crippen LogP contribution is -2.29. The molecule has 0 spiro atoms. The van der Waals surface area contributed by atoms with E-state index < -0.39 is 6.10 Å². The van der Waals surface area contributed by atoms with E-state index >= 15 is 0 Å². The monoisotopic (exact) mass is 292 g/mol. The van der Waals surface area contributed by atoms with Gasteiger partial charge in [0.05, 0.1) is 0 Å². The Bertz CT molecular complexity index is 532. The molecule has 0 saturated heterocycles. The fraction of sp³-hybridized carbons (Fsp3) is 0.625. The van der Waals surface area contributed by atoms with Crippen LogP contribution in [0.15, 0.2) is 6.07 Å². The lowest BCUT2D eigenvalue weighted by Gasteiger charge is -2.20. The highest BCUT2D eigenvalue weighted by Crippen LogP contribution is 2.33. The first-order valence-corrected chi connectivity index (χ1v) is 8.30. The summed E-state index contributed by atoms with van der Waals surface area (Å²) < 4.78 is 5.42. The van der Waals surface area contributed by atoms with Gasteiger partial charge in [0.15, 0.2) is 11.9 Å². The van der Waals surface area contributed by atoms with Gasteiger partial charge in [0.1, 0.15) is 4.88 Å². The first kappa shape index (κ1) is 13.8. The smallest absolute Gasteiger partial charge is 0.349 e. The zero-order valence-corrected chi connectivity index (χ0v) is 12.6. The Morgan fingerprint density at radius 3 is 2.95 bits per heavy atom. The molecular formula is C16H20O3S. The van der Waals surface area contributed by atoms with Crippen LogP contribution in [0, 0.1) is 5.92 Å². The first-order chi connectivity index (χ1) is 9.63. The minimum absolute atomic E-state index is 0.0829. The third kappa shape index (κ3) is 2.80. The van der Waals surface area contributed by atoms with Gasteiger partial charge in [0.25, 0.3) is 0 Å². The number of rotatable bonds is 2. The van der Waals surface area contributed by atoms with Gasteiger partial charge in [-0.1, -0.05) is 6.92 Å². The lowest BCUT2D eigenvalue weighted by molar-refractivity contribution is -0.129. The predicted octanol–water partition coefficient (Wildman–Crippen LogP) is 3.54. The summed E-state index contributed by atoms with van der Waals surface area (Å²) in [5, 5.41) is 0. The number of Topliss-reactive ketones (excluding diaryl/α,β-unsaturated/α-hetero) is 1. The molecule has 1 heterocycles. The summed E-state index contributed by atoms with van der Waals surface area (Å²) in [6, 6.07) is 1.98. The van der Waals surface area contributed by atoms with E-state index in [9.17, 15) is 9.59 Å². The van der Waals surface area contributed by atoms with Crippen LogP contribution in [0.2, 0.25) is 0 Å². The molecule has 1 aromatic rings. The number of fused-ring (bicyclic) bond motifs is 1. The highest BCUT2D eigenvalue weighted by molar-refractivity contribution is 7.14. The Hall–Kier alpha value is -1.16. The Kier molecular flexibility index (Phi) is 3.92. The molecule has 1 saturated carbocycles. The van der Waals surface area contributed by atoms with Gasteiger partial charge in [-0.05, 0) is 56.1 Å². The Morgan fingerprint density at radius 1 is 1.30 bits per heavy atom. The summed E-state index contributed by atoms with van der Waals surface area (Å²) in [4.78, 5) is 25.9. The lowest BCUT2D eigenvalue weighted by atomic mass is 9.90. The Labute approximate surface area is 123 Å². The van der Waals surface area contributed by atoms with E-state index in [1.54, 1.807) is 11.3 Å². The molecule has 2 atom stereocenters. The van der Waals surface area contributed by atoms with Crippen LogP contribution in [0.3, 0.4) is 0 Å². The molecule has 1 fully saturated rings. The van der Waals surface area contributed by atoms with Crippen molar-refractivity contribution in [1.29, 1.82) is 0 Å². The summed E-state index contributed by atoms with van der Waals surface area (Å²) in [6.07, 6.45) is 5.96. The van der Waals surface area contributed by atoms with E-state index in [2.05, 4.69) is 6.92 Å². The molecule has 0 aliphatic heterocycles. The molecule has 0 amide bonds. The van der Waals surface area contributed by atoms with Crippen LogP contribution in [0.1, 0.15) is 59.1 Å². The van der Waals surface area contributed by atoms with Crippen LogP contribution < -0.4 is 0 Å². The van der Waals surface area contributed by atoms with Gasteiger partial charge in [-0.2, -0.15) is 0 Å². The second kappa shape index (κ2) is 5.68. The summed E-state index contributed by atoms with van der Waals surface area (Å²) in [5.74, 6) is 0.470. The fourth-order valence-corrected chi connectivity index (χ4v) is 4.16. The predicted molar refractivity (Wildman–Crippen MR) is 78.2 cm³/mol. The van der Waals surface area contributed by atoms with Crippen molar-refractivity contribution in [3.05, 3.63) is 21.4 Å². The number of thiophene rings is 1. The highest BCUT2D eigenvalue weighted by atomic mass is 32.1. The molecule has 0 aromatic carbocycles. The molecule has 2 aliphatic carbocycles. The second-order valence-electron chi connectivity index (χ2n) is 6.01. The Balaban J connectivity index is 1.69. The van der Waals surface area contributed by atoms with Crippen LogP contribution in [-0.2, 0) is 22.4 Å². The van der Waals surface area contributed by atoms with E-state index in [-0.39, 0.29) is 11.8 Å². The maximum Gasteiger partial charge on any atom is 0.349 e. The van der Waals surface area contributed by atoms with Gasteiger partial charge in [-0.25, -0.2) is 4.79 Å². The van der Waals surface area contributed by atoms with Crippen molar-refractivity contribution in [2.45, 2.75) is 58.0 Å². The summed E-state index contributed by atoms with van der Waals surface area (Å²) in [6.45, 7) is 2.25. The van der Waals surface area contributed by atoms with E-state index in [1.165, 1.54) is 16.9 Å². The van der Waals surface area contributed by atoms with Crippen LogP contribution in [0.25, 0.3) is 0 Å². The topological polar surface area (TPSA) is 43.4 Å². The maximum atomic E-state index is 12.2. The van der Waals surface area contributed by atoms with Crippen molar-refractivity contribution in [2.24, 2.45) is 5.92 Å². The SMILES string of the molecule is C[C@H]1CCc2sc(C(=O)O[C@H]3CCCCC3=O)cc2C1. The fourth-order valence-electron chi connectivity index (χ4n) is 3.07. The number of hydrogen-bond donors (Lipinski definition) is 0. The normalized spacial score (nSPS) is 26.1. The third-order valence-electron chi connectivity index (χ3n) is 4.28. The molecular weight excluding hydrogens is 272 g/mol. The molecule has 3 nitrogen and oxygen atoms in total. The van der Waals surface area contributed by atoms with Crippen LogP contribution in [-0.4, -0.2) is 17.9 Å². The van der Waals surface area contributed by atoms with Gasteiger partial charge in [-0.15, -0.1) is 11.3 Å². The number of carbonyl (C=O) groups excluding carboxylic acids is 2. The van der Waals surface area contributed by atoms with Crippen LogP contribution >= 0.6 is 11.3 Å². The number of esters is 1. The minimum atomic E-state index is -0.505.